The normalized spacial score (nSPS) is 22.6. The van der Waals surface area contributed by atoms with Crippen molar-refractivity contribution in [2.75, 3.05) is 23.7 Å². The van der Waals surface area contributed by atoms with E-state index in [0.29, 0.717) is 0 Å². The van der Waals surface area contributed by atoms with Gasteiger partial charge in [0.05, 0.1) is 0 Å². The molecule has 0 bridgehead atoms. The highest BCUT2D eigenvalue weighted by atomic mass is 15.1. The van der Waals surface area contributed by atoms with Crippen molar-refractivity contribution in [3.63, 3.8) is 0 Å². The lowest BCUT2D eigenvalue weighted by Crippen LogP contribution is -2.16. The zero-order valence-electron chi connectivity index (χ0n) is 13.1. The minimum Gasteiger partial charge on any atom is -0.370 e. The summed E-state index contributed by atoms with van der Waals surface area (Å²) >= 11 is 0. The topological polar surface area (TPSA) is 49.8 Å². The first-order valence-corrected chi connectivity index (χ1v) is 8.00. The standard InChI is InChI=1S/C16H28N4/c1-4-17-15-11-16(20-13(3)19-15)18-10-9-14-7-5-12(2)6-8-14/h11-12,14H,4-10H2,1-3H3,(H2,17,18,19,20). The molecule has 1 aromatic rings. The Morgan fingerprint density at radius 1 is 1.10 bits per heavy atom. The van der Waals surface area contributed by atoms with Gasteiger partial charge in [-0.2, -0.15) is 0 Å². The van der Waals surface area contributed by atoms with Crippen molar-refractivity contribution in [3.8, 4) is 0 Å². The highest BCUT2D eigenvalue weighted by Crippen LogP contribution is 2.30. The molecule has 112 valence electrons. The van der Waals surface area contributed by atoms with Crippen molar-refractivity contribution in [1.82, 2.24) is 9.97 Å². The third-order valence-electron chi connectivity index (χ3n) is 4.19. The van der Waals surface area contributed by atoms with Crippen molar-refractivity contribution in [1.29, 1.82) is 0 Å². The molecule has 1 aromatic heterocycles. The molecule has 1 aliphatic rings. The van der Waals surface area contributed by atoms with Crippen LogP contribution in [0.1, 0.15) is 51.8 Å². The molecule has 0 radical (unpaired) electrons. The SMILES string of the molecule is CCNc1cc(NCCC2CCC(C)CC2)nc(C)n1. The number of hydrogen-bond acceptors (Lipinski definition) is 4. The van der Waals surface area contributed by atoms with Crippen molar-refractivity contribution in [2.24, 2.45) is 11.8 Å². The van der Waals surface area contributed by atoms with Crippen molar-refractivity contribution in [3.05, 3.63) is 11.9 Å². The second-order valence-electron chi connectivity index (χ2n) is 6.06. The molecule has 4 nitrogen and oxygen atoms in total. The minimum atomic E-state index is 0.817. The maximum absolute atomic E-state index is 4.45. The lowest BCUT2D eigenvalue weighted by Gasteiger charge is -2.26. The van der Waals surface area contributed by atoms with E-state index in [4.69, 9.17) is 0 Å². The Morgan fingerprint density at radius 2 is 1.75 bits per heavy atom. The molecular formula is C16H28N4. The molecule has 2 rings (SSSR count). The quantitative estimate of drug-likeness (QED) is 0.828. The fraction of sp³-hybridized carbons (Fsp3) is 0.750. The Morgan fingerprint density at radius 3 is 2.40 bits per heavy atom. The molecule has 0 unspecified atom stereocenters. The van der Waals surface area contributed by atoms with Gasteiger partial charge in [0.2, 0.25) is 0 Å². The summed E-state index contributed by atoms with van der Waals surface area (Å²) in [6.07, 6.45) is 6.86. The average Bonchev–Trinajstić information content (AvgIpc) is 2.41. The Balaban J connectivity index is 1.78. The Kier molecular flexibility index (Phi) is 5.62. The molecule has 1 heterocycles. The number of aromatic nitrogens is 2. The summed E-state index contributed by atoms with van der Waals surface area (Å²) in [6, 6.07) is 2.00. The average molecular weight is 276 g/mol. The molecule has 1 fully saturated rings. The number of anilines is 2. The van der Waals surface area contributed by atoms with E-state index in [2.05, 4.69) is 34.4 Å². The number of rotatable bonds is 6. The zero-order valence-corrected chi connectivity index (χ0v) is 13.1. The van der Waals surface area contributed by atoms with Crippen LogP contribution in [0.25, 0.3) is 0 Å². The van der Waals surface area contributed by atoms with Gasteiger partial charge in [-0.3, -0.25) is 0 Å². The maximum Gasteiger partial charge on any atom is 0.131 e. The lowest BCUT2D eigenvalue weighted by atomic mass is 9.81. The van der Waals surface area contributed by atoms with Crippen molar-refractivity contribution in [2.45, 2.75) is 52.9 Å². The monoisotopic (exact) mass is 276 g/mol. The highest BCUT2D eigenvalue weighted by Gasteiger charge is 2.17. The zero-order chi connectivity index (χ0) is 14.4. The highest BCUT2D eigenvalue weighted by molar-refractivity contribution is 5.47. The van der Waals surface area contributed by atoms with Crippen LogP contribution in [0.2, 0.25) is 0 Å². The van der Waals surface area contributed by atoms with Crippen LogP contribution in [-0.2, 0) is 0 Å². The van der Waals surface area contributed by atoms with Crippen LogP contribution in [0.4, 0.5) is 11.6 Å². The van der Waals surface area contributed by atoms with Crippen molar-refractivity contribution >= 4 is 11.6 Å². The van der Waals surface area contributed by atoms with Gasteiger partial charge < -0.3 is 10.6 Å². The molecule has 0 atom stereocenters. The summed E-state index contributed by atoms with van der Waals surface area (Å²) < 4.78 is 0. The van der Waals surface area contributed by atoms with E-state index >= 15 is 0 Å². The van der Waals surface area contributed by atoms with Gasteiger partial charge in [-0.1, -0.05) is 32.6 Å². The molecule has 0 aliphatic heterocycles. The molecule has 0 aromatic carbocycles. The van der Waals surface area contributed by atoms with Gasteiger partial charge in [-0.25, -0.2) is 9.97 Å². The summed E-state index contributed by atoms with van der Waals surface area (Å²) in [5, 5.41) is 6.69. The van der Waals surface area contributed by atoms with Crippen LogP contribution in [0.15, 0.2) is 6.07 Å². The van der Waals surface area contributed by atoms with E-state index in [1.54, 1.807) is 0 Å². The summed E-state index contributed by atoms with van der Waals surface area (Å²) in [5.74, 6) is 4.50. The molecule has 0 spiro atoms. The van der Waals surface area contributed by atoms with Crippen LogP contribution in [-0.4, -0.2) is 23.1 Å². The largest absolute Gasteiger partial charge is 0.370 e. The van der Waals surface area contributed by atoms with Gasteiger partial charge in [0, 0.05) is 19.2 Å². The van der Waals surface area contributed by atoms with Gasteiger partial charge in [0.15, 0.2) is 0 Å². The van der Waals surface area contributed by atoms with E-state index in [-0.39, 0.29) is 0 Å². The predicted octanol–water partition coefficient (Wildman–Crippen LogP) is 3.85. The summed E-state index contributed by atoms with van der Waals surface area (Å²) in [6.45, 7) is 8.29. The van der Waals surface area contributed by atoms with Crippen LogP contribution < -0.4 is 10.6 Å². The maximum atomic E-state index is 4.45. The van der Waals surface area contributed by atoms with E-state index in [0.717, 1.165) is 42.4 Å². The summed E-state index contributed by atoms with van der Waals surface area (Å²) in [7, 11) is 0. The first kappa shape index (κ1) is 15.1. The molecule has 4 heteroatoms. The first-order chi connectivity index (χ1) is 9.67. The summed E-state index contributed by atoms with van der Waals surface area (Å²) in [5.41, 5.74) is 0. The van der Waals surface area contributed by atoms with E-state index < -0.39 is 0 Å². The Bertz CT molecular complexity index is 411. The van der Waals surface area contributed by atoms with E-state index in [9.17, 15) is 0 Å². The molecule has 1 saturated carbocycles. The Labute approximate surface area is 122 Å². The lowest BCUT2D eigenvalue weighted by molar-refractivity contribution is 0.282. The number of hydrogen-bond donors (Lipinski definition) is 2. The van der Waals surface area contributed by atoms with Gasteiger partial charge in [0.1, 0.15) is 17.5 Å². The van der Waals surface area contributed by atoms with Gasteiger partial charge in [-0.15, -0.1) is 0 Å². The summed E-state index contributed by atoms with van der Waals surface area (Å²) in [4.78, 5) is 8.82. The molecule has 0 amide bonds. The molecule has 20 heavy (non-hydrogen) atoms. The van der Waals surface area contributed by atoms with Gasteiger partial charge in [-0.05, 0) is 32.1 Å². The van der Waals surface area contributed by atoms with E-state index in [1.165, 1.54) is 32.1 Å². The fourth-order valence-electron chi connectivity index (χ4n) is 2.95. The predicted molar refractivity (Wildman–Crippen MR) is 85.2 cm³/mol. The van der Waals surface area contributed by atoms with E-state index in [1.807, 2.05) is 13.0 Å². The smallest absolute Gasteiger partial charge is 0.131 e. The molecule has 2 N–H and O–H groups in total. The van der Waals surface area contributed by atoms with Gasteiger partial charge >= 0.3 is 0 Å². The minimum absolute atomic E-state index is 0.817. The number of nitrogens with zero attached hydrogens (tertiary/aromatic N) is 2. The third-order valence-corrected chi connectivity index (χ3v) is 4.19. The second kappa shape index (κ2) is 7.46. The molecule has 0 saturated heterocycles. The number of aryl methyl sites for hydroxylation is 1. The Hall–Kier alpha value is -1.32. The second-order valence-corrected chi connectivity index (χ2v) is 6.06. The van der Waals surface area contributed by atoms with Crippen molar-refractivity contribution < 1.29 is 0 Å². The van der Waals surface area contributed by atoms with Crippen LogP contribution in [0.5, 0.6) is 0 Å². The fourth-order valence-corrected chi connectivity index (χ4v) is 2.95. The third kappa shape index (κ3) is 4.66. The van der Waals surface area contributed by atoms with Crippen LogP contribution in [0, 0.1) is 18.8 Å². The van der Waals surface area contributed by atoms with Crippen LogP contribution in [0.3, 0.4) is 0 Å². The number of nitrogens with one attached hydrogen (secondary N) is 2. The first-order valence-electron chi connectivity index (χ1n) is 8.00. The molecular weight excluding hydrogens is 248 g/mol. The van der Waals surface area contributed by atoms with Crippen LogP contribution >= 0.6 is 0 Å². The van der Waals surface area contributed by atoms with Gasteiger partial charge in [0.25, 0.3) is 0 Å². The molecule has 1 aliphatic carbocycles.